The van der Waals surface area contributed by atoms with Gasteiger partial charge in [-0.1, -0.05) is 0 Å². The molecule has 3 heterocycles. The molecule has 2 saturated heterocycles. The molecule has 1 atom stereocenters. The molecule has 6 heteroatoms. The Kier molecular flexibility index (Phi) is 3.27. The van der Waals surface area contributed by atoms with Gasteiger partial charge in [-0.05, 0) is 19.3 Å². The van der Waals surface area contributed by atoms with Gasteiger partial charge in [0.15, 0.2) is 0 Å². The highest BCUT2D eigenvalue weighted by Crippen LogP contribution is 2.24. The summed E-state index contributed by atoms with van der Waals surface area (Å²) in [6.45, 7) is 3.00. The van der Waals surface area contributed by atoms with E-state index in [2.05, 4.69) is 10.2 Å². The molecule has 0 N–H and O–H groups in total. The number of ether oxygens (including phenoxy) is 1. The van der Waals surface area contributed by atoms with E-state index in [1.807, 2.05) is 4.90 Å². The highest BCUT2D eigenvalue weighted by molar-refractivity contribution is 5.79. The number of likely N-dealkylation sites (tertiary alicyclic amines) is 1. The third-order valence-electron chi connectivity index (χ3n) is 3.81. The van der Waals surface area contributed by atoms with Crippen LogP contribution in [0.3, 0.4) is 0 Å². The first-order valence-corrected chi connectivity index (χ1v) is 6.57. The molecule has 0 aromatic carbocycles. The Bertz CT molecular complexity index is 400. The highest BCUT2D eigenvalue weighted by atomic mass is 16.5. The molecule has 2 aliphatic heterocycles. The molecule has 0 saturated carbocycles. The van der Waals surface area contributed by atoms with E-state index in [9.17, 15) is 4.79 Å². The fourth-order valence-corrected chi connectivity index (χ4v) is 2.75. The predicted molar refractivity (Wildman–Crippen MR) is 63.8 cm³/mol. The van der Waals surface area contributed by atoms with Gasteiger partial charge in [0.05, 0.1) is 18.4 Å². The maximum atomic E-state index is 12.3. The lowest BCUT2D eigenvalue weighted by molar-refractivity contribution is -0.137. The van der Waals surface area contributed by atoms with Crippen LogP contribution in [0.4, 0.5) is 0 Å². The molecular formula is C12H18N4O2. The Morgan fingerprint density at radius 2 is 1.89 bits per heavy atom. The van der Waals surface area contributed by atoms with E-state index in [1.54, 1.807) is 17.2 Å². The van der Waals surface area contributed by atoms with Crippen molar-refractivity contribution in [1.29, 1.82) is 0 Å². The standard InChI is InChI=1S/C12H18N4O2/c17-12(10-2-7-18-8-3-10)15-6-1-11(9-15)16-13-4-5-14-16/h4-5,10-11H,1-3,6-9H2. The average Bonchev–Trinajstić information content (AvgIpc) is 3.09. The summed E-state index contributed by atoms with van der Waals surface area (Å²) in [5, 5.41) is 8.30. The second kappa shape index (κ2) is 5.06. The molecule has 1 amide bonds. The summed E-state index contributed by atoms with van der Waals surface area (Å²) >= 11 is 0. The molecule has 2 aliphatic rings. The molecule has 18 heavy (non-hydrogen) atoms. The molecule has 0 bridgehead atoms. The summed E-state index contributed by atoms with van der Waals surface area (Å²) in [7, 11) is 0. The van der Waals surface area contributed by atoms with E-state index in [1.165, 1.54) is 0 Å². The van der Waals surface area contributed by atoms with Gasteiger partial charge in [-0.15, -0.1) is 0 Å². The number of rotatable bonds is 2. The molecule has 1 aromatic heterocycles. The van der Waals surface area contributed by atoms with Gasteiger partial charge in [-0.2, -0.15) is 15.0 Å². The third-order valence-corrected chi connectivity index (χ3v) is 3.81. The van der Waals surface area contributed by atoms with Crippen LogP contribution in [0, 0.1) is 5.92 Å². The Hall–Kier alpha value is -1.43. The van der Waals surface area contributed by atoms with Crippen LogP contribution in [0.5, 0.6) is 0 Å². The number of amides is 1. The summed E-state index contributed by atoms with van der Waals surface area (Å²) in [6, 6.07) is 0.240. The van der Waals surface area contributed by atoms with Crippen molar-refractivity contribution >= 4 is 5.91 Å². The summed E-state index contributed by atoms with van der Waals surface area (Å²) in [5.41, 5.74) is 0. The lowest BCUT2D eigenvalue weighted by Gasteiger charge is -2.26. The SMILES string of the molecule is O=C(C1CCOCC1)N1CCC(n2nccn2)C1. The van der Waals surface area contributed by atoms with Crippen LogP contribution < -0.4 is 0 Å². The molecule has 98 valence electrons. The molecule has 1 unspecified atom stereocenters. The Morgan fingerprint density at radius 1 is 1.17 bits per heavy atom. The third kappa shape index (κ3) is 2.25. The molecule has 1 aromatic rings. The van der Waals surface area contributed by atoms with Gasteiger partial charge in [-0.25, -0.2) is 0 Å². The molecule has 6 nitrogen and oxygen atoms in total. The second-order valence-corrected chi connectivity index (χ2v) is 4.96. The van der Waals surface area contributed by atoms with Gasteiger partial charge >= 0.3 is 0 Å². The van der Waals surface area contributed by atoms with Crippen molar-refractivity contribution in [1.82, 2.24) is 19.9 Å². The number of hydrogen-bond donors (Lipinski definition) is 0. The minimum Gasteiger partial charge on any atom is -0.381 e. The van der Waals surface area contributed by atoms with Crippen molar-refractivity contribution in [3.8, 4) is 0 Å². The fraction of sp³-hybridized carbons (Fsp3) is 0.750. The summed E-state index contributed by atoms with van der Waals surface area (Å²) in [4.78, 5) is 16.0. The van der Waals surface area contributed by atoms with Crippen LogP contribution in [-0.4, -0.2) is 52.1 Å². The first-order valence-electron chi connectivity index (χ1n) is 6.57. The smallest absolute Gasteiger partial charge is 0.225 e. The molecule has 2 fully saturated rings. The van der Waals surface area contributed by atoms with Crippen LogP contribution in [-0.2, 0) is 9.53 Å². The molecule has 0 aliphatic carbocycles. The fourth-order valence-electron chi connectivity index (χ4n) is 2.75. The minimum atomic E-state index is 0.156. The highest BCUT2D eigenvalue weighted by Gasteiger charge is 2.32. The number of nitrogens with zero attached hydrogens (tertiary/aromatic N) is 4. The lowest BCUT2D eigenvalue weighted by Crippen LogP contribution is -2.37. The van der Waals surface area contributed by atoms with E-state index >= 15 is 0 Å². The average molecular weight is 250 g/mol. The molecule has 0 radical (unpaired) electrons. The monoisotopic (exact) mass is 250 g/mol. The summed E-state index contributed by atoms with van der Waals surface area (Å²) in [6.07, 6.45) is 6.04. The van der Waals surface area contributed by atoms with Gasteiger partial charge in [0, 0.05) is 32.2 Å². The Labute approximate surface area is 106 Å². The largest absolute Gasteiger partial charge is 0.381 e. The first kappa shape index (κ1) is 11.6. The zero-order valence-corrected chi connectivity index (χ0v) is 10.4. The number of carbonyl (C=O) groups is 1. The molecular weight excluding hydrogens is 232 g/mol. The van der Waals surface area contributed by atoms with Crippen molar-refractivity contribution in [3.05, 3.63) is 12.4 Å². The van der Waals surface area contributed by atoms with Crippen LogP contribution in [0.2, 0.25) is 0 Å². The van der Waals surface area contributed by atoms with Gasteiger partial charge in [0.1, 0.15) is 0 Å². The maximum Gasteiger partial charge on any atom is 0.225 e. The Balaban J connectivity index is 1.59. The van der Waals surface area contributed by atoms with E-state index in [0.29, 0.717) is 13.2 Å². The van der Waals surface area contributed by atoms with Crippen molar-refractivity contribution in [2.75, 3.05) is 26.3 Å². The zero-order valence-electron chi connectivity index (χ0n) is 10.4. The van der Waals surface area contributed by atoms with E-state index in [4.69, 9.17) is 4.74 Å². The van der Waals surface area contributed by atoms with Crippen molar-refractivity contribution in [2.45, 2.75) is 25.3 Å². The van der Waals surface area contributed by atoms with Gasteiger partial charge in [-0.3, -0.25) is 4.79 Å². The summed E-state index contributed by atoms with van der Waals surface area (Å²) in [5.74, 6) is 0.441. The second-order valence-electron chi connectivity index (χ2n) is 4.96. The quantitative estimate of drug-likeness (QED) is 0.766. The van der Waals surface area contributed by atoms with Gasteiger partial charge in [0.2, 0.25) is 5.91 Å². The van der Waals surface area contributed by atoms with Crippen LogP contribution >= 0.6 is 0 Å². The Morgan fingerprint density at radius 3 is 2.61 bits per heavy atom. The van der Waals surface area contributed by atoms with Crippen molar-refractivity contribution in [3.63, 3.8) is 0 Å². The summed E-state index contributed by atoms with van der Waals surface area (Å²) < 4.78 is 5.30. The molecule has 3 rings (SSSR count). The van der Waals surface area contributed by atoms with Gasteiger partial charge in [0.25, 0.3) is 0 Å². The molecule has 0 spiro atoms. The van der Waals surface area contributed by atoms with Crippen LogP contribution in [0.25, 0.3) is 0 Å². The first-order chi connectivity index (χ1) is 8.84. The maximum absolute atomic E-state index is 12.3. The predicted octanol–water partition coefficient (Wildman–Crippen LogP) is 0.478. The number of hydrogen-bond acceptors (Lipinski definition) is 4. The van der Waals surface area contributed by atoms with E-state index in [-0.39, 0.29) is 17.9 Å². The van der Waals surface area contributed by atoms with Crippen LogP contribution in [0.15, 0.2) is 12.4 Å². The number of aromatic nitrogens is 3. The minimum absolute atomic E-state index is 0.156. The number of carbonyl (C=O) groups excluding carboxylic acids is 1. The lowest BCUT2D eigenvalue weighted by atomic mass is 9.99. The van der Waals surface area contributed by atoms with Crippen molar-refractivity contribution in [2.24, 2.45) is 5.92 Å². The zero-order chi connectivity index (χ0) is 12.4. The van der Waals surface area contributed by atoms with E-state index < -0.39 is 0 Å². The normalized spacial score (nSPS) is 25.6. The van der Waals surface area contributed by atoms with Gasteiger partial charge < -0.3 is 9.64 Å². The topological polar surface area (TPSA) is 60.2 Å². The van der Waals surface area contributed by atoms with Crippen molar-refractivity contribution < 1.29 is 9.53 Å². The van der Waals surface area contributed by atoms with E-state index in [0.717, 1.165) is 32.4 Å². The van der Waals surface area contributed by atoms with Crippen LogP contribution in [0.1, 0.15) is 25.3 Å².